The highest BCUT2D eigenvalue weighted by Crippen LogP contribution is 1.98. The molecular formula is C8H10N2O4S. The van der Waals surface area contributed by atoms with Crippen LogP contribution >= 0.6 is 0 Å². The van der Waals surface area contributed by atoms with Gasteiger partial charge in [0, 0.05) is 18.3 Å². The molecule has 0 amide bonds. The lowest BCUT2D eigenvalue weighted by molar-refractivity contribution is 0.281. The fourth-order valence-electron chi connectivity index (χ4n) is 0.908. The van der Waals surface area contributed by atoms with E-state index in [1.54, 1.807) is 31.3 Å². The first-order valence-electron chi connectivity index (χ1n) is 4.07. The van der Waals surface area contributed by atoms with Crippen molar-refractivity contribution in [2.24, 2.45) is 5.16 Å². The molecule has 1 aromatic rings. The number of aromatic nitrogens is 1. The first kappa shape index (κ1) is 11.6. The van der Waals surface area contributed by atoms with Crippen molar-refractivity contribution >= 4 is 16.1 Å². The fourth-order valence-corrected chi connectivity index (χ4v) is 1.13. The van der Waals surface area contributed by atoms with Crippen LogP contribution in [0.3, 0.4) is 0 Å². The van der Waals surface area contributed by atoms with Gasteiger partial charge in [-0.2, -0.15) is 8.42 Å². The molecule has 1 rings (SSSR count). The molecule has 0 unspecified atom stereocenters. The number of pyridine rings is 1. The van der Waals surface area contributed by atoms with Gasteiger partial charge < -0.3 is 0 Å². The summed E-state index contributed by atoms with van der Waals surface area (Å²) in [4.78, 5) is 4.01. The lowest BCUT2D eigenvalue weighted by atomic mass is 10.2. The van der Waals surface area contributed by atoms with Crippen LogP contribution in [0.15, 0.2) is 29.6 Å². The summed E-state index contributed by atoms with van der Waals surface area (Å²) >= 11 is 0. The third kappa shape index (κ3) is 5.08. The van der Waals surface area contributed by atoms with Gasteiger partial charge >= 0.3 is 10.4 Å². The van der Waals surface area contributed by atoms with Crippen LogP contribution in [0.5, 0.6) is 0 Å². The molecule has 82 valence electrons. The van der Waals surface area contributed by atoms with E-state index in [0.717, 1.165) is 5.69 Å². The highest BCUT2D eigenvalue weighted by molar-refractivity contribution is 7.80. The Morgan fingerprint density at radius 1 is 1.60 bits per heavy atom. The van der Waals surface area contributed by atoms with E-state index in [0.29, 0.717) is 12.1 Å². The van der Waals surface area contributed by atoms with Gasteiger partial charge in [-0.3, -0.25) is 9.54 Å². The number of nitrogens with zero attached hydrogens (tertiary/aromatic N) is 2. The standard InChI is InChI=1S/C8H10N2O4S/c1-7(10-14-15(11,12)13)6-8-4-2-3-5-9-8/h2-5H,6H2,1H3,(H,11,12,13)/b10-7+. The molecular weight excluding hydrogens is 220 g/mol. The molecule has 15 heavy (non-hydrogen) atoms. The molecule has 1 aromatic heterocycles. The van der Waals surface area contributed by atoms with Crippen molar-refractivity contribution in [3.05, 3.63) is 30.1 Å². The van der Waals surface area contributed by atoms with Crippen LogP contribution in [-0.4, -0.2) is 23.7 Å². The summed E-state index contributed by atoms with van der Waals surface area (Å²) in [5.41, 5.74) is 1.13. The molecule has 0 fully saturated rings. The summed E-state index contributed by atoms with van der Waals surface area (Å²) in [5, 5.41) is 3.23. The highest BCUT2D eigenvalue weighted by Gasteiger charge is 2.04. The minimum Gasteiger partial charge on any atom is -0.261 e. The fraction of sp³-hybridized carbons (Fsp3) is 0.250. The summed E-state index contributed by atoms with van der Waals surface area (Å²) < 4.78 is 32.5. The predicted octanol–water partition coefficient (Wildman–Crippen LogP) is 0.819. The summed E-state index contributed by atoms with van der Waals surface area (Å²) in [5.74, 6) is 0. The van der Waals surface area contributed by atoms with Crippen LogP contribution in [0.25, 0.3) is 0 Å². The average Bonchev–Trinajstić information content (AvgIpc) is 2.15. The van der Waals surface area contributed by atoms with Gasteiger partial charge in [0.25, 0.3) is 0 Å². The van der Waals surface area contributed by atoms with Gasteiger partial charge in [-0.25, -0.2) is 4.28 Å². The van der Waals surface area contributed by atoms with E-state index in [9.17, 15) is 8.42 Å². The molecule has 1 heterocycles. The first-order valence-corrected chi connectivity index (χ1v) is 5.43. The molecule has 6 nitrogen and oxygen atoms in total. The largest absolute Gasteiger partial charge is 0.466 e. The number of rotatable bonds is 4. The lowest BCUT2D eigenvalue weighted by Gasteiger charge is -1.98. The van der Waals surface area contributed by atoms with Crippen LogP contribution < -0.4 is 0 Å². The molecule has 0 aliphatic carbocycles. The maximum atomic E-state index is 10.2. The second-order valence-corrected chi connectivity index (χ2v) is 3.83. The highest BCUT2D eigenvalue weighted by atomic mass is 32.3. The van der Waals surface area contributed by atoms with Crippen LogP contribution in [0.2, 0.25) is 0 Å². The topological polar surface area (TPSA) is 88.9 Å². The SMILES string of the molecule is C/C(Cc1ccccn1)=N\OS(=O)(=O)O. The Morgan fingerprint density at radius 2 is 2.33 bits per heavy atom. The zero-order valence-electron chi connectivity index (χ0n) is 7.99. The molecule has 0 aliphatic rings. The summed E-state index contributed by atoms with van der Waals surface area (Å²) in [6.07, 6.45) is 1.97. The van der Waals surface area contributed by atoms with Gasteiger partial charge in [0.15, 0.2) is 0 Å². The Balaban J connectivity index is 2.60. The van der Waals surface area contributed by atoms with Crippen molar-refractivity contribution in [2.75, 3.05) is 0 Å². The number of hydrogen-bond donors (Lipinski definition) is 1. The summed E-state index contributed by atoms with van der Waals surface area (Å²) in [7, 11) is -4.52. The third-order valence-electron chi connectivity index (χ3n) is 1.45. The normalized spacial score (nSPS) is 12.5. The Kier molecular flexibility index (Phi) is 3.75. The van der Waals surface area contributed by atoms with Gasteiger partial charge in [-0.15, -0.1) is 0 Å². The van der Waals surface area contributed by atoms with Crippen LogP contribution in [-0.2, 0) is 21.1 Å². The van der Waals surface area contributed by atoms with Crippen LogP contribution in [0.4, 0.5) is 0 Å². The molecule has 0 atom stereocenters. The Hall–Kier alpha value is -1.47. The molecule has 7 heteroatoms. The molecule has 0 aliphatic heterocycles. The zero-order chi connectivity index (χ0) is 11.3. The molecule has 0 spiro atoms. The molecule has 0 saturated heterocycles. The molecule has 0 radical (unpaired) electrons. The smallest absolute Gasteiger partial charge is 0.261 e. The van der Waals surface area contributed by atoms with Crippen molar-refractivity contribution in [3.63, 3.8) is 0 Å². The van der Waals surface area contributed by atoms with Gasteiger partial charge in [0.1, 0.15) is 0 Å². The van der Waals surface area contributed by atoms with E-state index >= 15 is 0 Å². The summed E-state index contributed by atoms with van der Waals surface area (Å²) in [6, 6.07) is 5.34. The van der Waals surface area contributed by atoms with E-state index in [2.05, 4.69) is 14.4 Å². The van der Waals surface area contributed by atoms with Crippen molar-refractivity contribution in [1.82, 2.24) is 4.98 Å². The minimum absolute atomic E-state index is 0.357. The molecule has 0 bridgehead atoms. The predicted molar refractivity (Wildman–Crippen MR) is 53.7 cm³/mol. The molecule has 0 saturated carbocycles. The van der Waals surface area contributed by atoms with Crippen LogP contribution in [0.1, 0.15) is 12.6 Å². The number of oxime groups is 1. The summed E-state index contributed by atoms with van der Waals surface area (Å²) in [6.45, 7) is 1.57. The van der Waals surface area contributed by atoms with Crippen molar-refractivity contribution in [3.8, 4) is 0 Å². The zero-order valence-corrected chi connectivity index (χ0v) is 8.81. The second-order valence-electron chi connectivity index (χ2n) is 2.83. The van der Waals surface area contributed by atoms with Crippen molar-refractivity contribution < 1.29 is 17.3 Å². The van der Waals surface area contributed by atoms with E-state index in [-0.39, 0.29) is 0 Å². The maximum Gasteiger partial charge on any atom is 0.466 e. The lowest BCUT2D eigenvalue weighted by Crippen LogP contribution is -2.04. The minimum atomic E-state index is -4.52. The van der Waals surface area contributed by atoms with Gasteiger partial charge in [-0.05, 0) is 19.1 Å². The first-order chi connectivity index (χ1) is 6.97. The van der Waals surface area contributed by atoms with Crippen LogP contribution in [0, 0.1) is 0 Å². The van der Waals surface area contributed by atoms with E-state index in [1.807, 2.05) is 0 Å². The van der Waals surface area contributed by atoms with Gasteiger partial charge in [0.2, 0.25) is 0 Å². The molecule has 1 N–H and O–H groups in total. The molecule has 0 aromatic carbocycles. The third-order valence-corrected chi connectivity index (χ3v) is 1.71. The number of hydrogen-bond acceptors (Lipinski definition) is 5. The Morgan fingerprint density at radius 3 is 2.87 bits per heavy atom. The average molecular weight is 230 g/mol. The van der Waals surface area contributed by atoms with Gasteiger partial charge in [0.05, 0.1) is 5.71 Å². The van der Waals surface area contributed by atoms with E-state index < -0.39 is 10.4 Å². The Labute approximate surface area is 87.5 Å². The second kappa shape index (κ2) is 4.85. The maximum absolute atomic E-state index is 10.2. The van der Waals surface area contributed by atoms with Gasteiger partial charge in [-0.1, -0.05) is 11.2 Å². The van der Waals surface area contributed by atoms with E-state index in [1.165, 1.54) is 0 Å². The van der Waals surface area contributed by atoms with Crippen molar-refractivity contribution in [1.29, 1.82) is 0 Å². The quantitative estimate of drug-likeness (QED) is 0.470. The Bertz CT molecular complexity index is 441. The van der Waals surface area contributed by atoms with E-state index in [4.69, 9.17) is 4.55 Å². The monoisotopic (exact) mass is 230 g/mol. The van der Waals surface area contributed by atoms with Crippen molar-refractivity contribution in [2.45, 2.75) is 13.3 Å².